The zero-order valence-electron chi connectivity index (χ0n) is 14.9. The summed E-state index contributed by atoms with van der Waals surface area (Å²) in [6.07, 6.45) is 0.806. The van der Waals surface area contributed by atoms with E-state index in [1.54, 1.807) is 7.11 Å². The van der Waals surface area contributed by atoms with Gasteiger partial charge in [-0.25, -0.2) is 0 Å². The summed E-state index contributed by atoms with van der Waals surface area (Å²) < 4.78 is 12.0. The predicted molar refractivity (Wildman–Crippen MR) is 104 cm³/mol. The summed E-state index contributed by atoms with van der Waals surface area (Å²) in [4.78, 5) is 2.11. The summed E-state index contributed by atoms with van der Waals surface area (Å²) in [5, 5.41) is 4.19. The third kappa shape index (κ3) is 2.37. The molecule has 2 heterocycles. The molecule has 130 valence electrons. The molecule has 0 radical (unpaired) electrons. The van der Waals surface area contributed by atoms with Crippen LogP contribution in [0.4, 0.5) is 5.69 Å². The SMILES string of the molecule is COc1cccc2c1OC1(C)CC2NC(=S)N1c1cccc(C)c1C. The van der Waals surface area contributed by atoms with Gasteiger partial charge in [0.2, 0.25) is 0 Å². The predicted octanol–water partition coefficient (Wildman–Crippen LogP) is 4.25. The van der Waals surface area contributed by atoms with Gasteiger partial charge in [-0.2, -0.15) is 0 Å². The number of hydrogen-bond acceptors (Lipinski definition) is 3. The molecule has 25 heavy (non-hydrogen) atoms. The van der Waals surface area contributed by atoms with Gasteiger partial charge in [0.1, 0.15) is 0 Å². The first-order valence-electron chi connectivity index (χ1n) is 8.47. The number of ether oxygens (including phenoxy) is 2. The molecule has 1 fully saturated rings. The highest BCUT2D eigenvalue weighted by Crippen LogP contribution is 2.49. The molecule has 1 N–H and O–H groups in total. The summed E-state index contributed by atoms with van der Waals surface area (Å²) in [5.74, 6) is 1.55. The summed E-state index contributed by atoms with van der Waals surface area (Å²) in [5.41, 5.74) is 4.06. The monoisotopic (exact) mass is 354 g/mol. The van der Waals surface area contributed by atoms with Crippen molar-refractivity contribution in [2.45, 2.75) is 39.0 Å². The number of benzene rings is 2. The zero-order chi connectivity index (χ0) is 17.8. The minimum Gasteiger partial charge on any atom is -0.493 e. The number of para-hydroxylation sites is 1. The lowest BCUT2D eigenvalue weighted by Crippen LogP contribution is -2.65. The van der Waals surface area contributed by atoms with Crippen LogP contribution in [0.15, 0.2) is 36.4 Å². The van der Waals surface area contributed by atoms with Crippen LogP contribution in [0, 0.1) is 13.8 Å². The van der Waals surface area contributed by atoms with Gasteiger partial charge in [0.15, 0.2) is 22.3 Å². The Morgan fingerprint density at radius 3 is 2.76 bits per heavy atom. The molecule has 5 heteroatoms. The van der Waals surface area contributed by atoms with E-state index in [0.717, 1.165) is 29.2 Å². The van der Waals surface area contributed by atoms with E-state index in [1.165, 1.54) is 11.1 Å². The fourth-order valence-electron chi connectivity index (χ4n) is 3.86. The number of hydrogen-bond donors (Lipinski definition) is 1. The van der Waals surface area contributed by atoms with Gasteiger partial charge in [0.05, 0.1) is 18.8 Å². The maximum Gasteiger partial charge on any atom is 0.188 e. The number of anilines is 1. The molecule has 2 aromatic carbocycles. The van der Waals surface area contributed by atoms with Crippen LogP contribution in [0.3, 0.4) is 0 Å². The number of aryl methyl sites for hydroxylation is 1. The molecule has 2 aliphatic heterocycles. The molecule has 2 aliphatic rings. The Hall–Kier alpha value is -2.27. The van der Waals surface area contributed by atoms with Crippen LogP contribution in [-0.4, -0.2) is 17.9 Å². The highest BCUT2D eigenvalue weighted by atomic mass is 32.1. The van der Waals surface area contributed by atoms with Crippen LogP contribution in [0.25, 0.3) is 0 Å². The molecular formula is C20H22N2O2S. The van der Waals surface area contributed by atoms with Crippen LogP contribution in [-0.2, 0) is 0 Å². The quantitative estimate of drug-likeness (QED) is 0.816. The molecule has 4 nitrogen and oxygen atoms in total. The maximum absolute atomic E-state index is 6.52. The maximum atomic E-state index is 6.52. The van der Waals surface area contributed by atoms with Gasteiger partial charge in [0, 0.05) is 12.0 Å². The van der Waals surface area contributed by atoms with E-state index in [2.05, 4.69) is 55.3 Å². The van der Waals surface area contributed by atoms with Crippen LogP contribution in [0.5, 0.6) is 11.5 Å². The van der Waals surface area contributed by atoms with Crippen molar-refractivity contribution in [3.8, 4) is 11.5 Å². The topological polar surface area (TPSA) is 33.7 Å². The highest BCUT2D eigenvalue weighted by Gasteiger charge is 2.49. The van der Waals surface area contributed by atoms with Gasteiger partial charge >= 0.3 is 0 Å². The van der Waals surface area contributed by atoms with Crippen LogP contribution in [0.2, 0.25) is 0 Å². The Balaban J connectivity index is 1.86. The molecule has 0 aromatic heterocycles. The number of thiocarbonyl (C=S) groups is 1. The molecule has 2 atom stereocenters. The Bertz CT molecular complexity index is 867. The van der Waals surface area contributed by atoms with E-state index in [4.69, 9.17) is 21.7 Å². The summed E-state index contributed by atoms with van der Waals surface area (Å²) >= 11 is 5.73. The lowest BCUT2D eigenvalue weighted by Gasteiger charge is -2.52. The molecule has 2 aromatic rings. The minimum atomic E-state index is -0.562. The van der Waals surface area contributed by atoms with Crippen molar-refractivity contribution < 1.29 is 9.47 Å². The largest absolute Gasteiger partial charge is 0.493 e. The van der Waals surface area contributed by atoms with E-state index in [0.29, 0.717) is 5.11 Å². The summed E-state index contributed by atoms with van der Waals surface area (Å²) in [7, 11) is 1.67. The van der Waals surface area contributed by atoms with Crippen molar-refractivity contribution in [2.24, 2.45) is 0 Å². The molecule has 0 spiro atoms. The average molecular weight is 354 g/mol. The molecule has 4 rings (SSSR count). The molecule has 2 unspecified atom stereocenters. The molecule has 2 bridgehead atoms. The normalized spacial score (nSPS) is 24.2. The van der Waals surface area contributed by atoms with Crippen molar-refractivity contribution in [1.29, 1.82) is 0 Å². The van der Waals surface area contributed by atoms with E-state index >= 15 is 0 Å². The van der Waals surface area contributed by atoms with Crippen LogP contribution >= 0.6 is 12.2 Å². The van der Waals surface area contributed by atoms with Gasteiger partial charge in [-0.1, -0.05) is 24.3 Å². The number of methoxy groups -OCH3 is 1. The van der Waals surface area contributed by atoms with Crippen molar-refractivity contribution in [2.75, 3.05) is 12.0 Å². The van der Waals surface area contributed by atoms with Crippen molar-refractivity contribution in [1.82, 2.24) is 5.32 Å². The van der Waals surface area contributed by atoms with Gasteiger partial charge < -0.3 is 14.8 Å². The average Bonchev–Trinajstić information content (AvgIpc) is 2.57. The van der Waals surface area contributed by atoms with Gasteiger partial charge in [0.25, 0.3) is 0 Å². The summed E-state index contributed by atoms with van der Waals surface area (Å²) in [6, 6.07) is 12.4. The second-order valence-electron chi connectivity index (χ2n) is 6.92. The molecule has 0 amide bonds. The van der Waals surface area contributed by atoms with Crippen LogP contribution in [0.1, 0.15) is 36.1 Å². The smallest absolute Gasteiger partial charge is 0.188 e. The fourth-order valence-corrected chi connectivity index (χ4v) is 4.30. The molecule has 0 aliphatic carbocycles. The zero-order valence-corrected chi connectivity index (χ0v) is 15.7. The summed E-state index contributed by atoms with van der Waals surface area (Å²) in [6.45, 7) is 6.34. The standard InChI is InChI=1S/C20H22N2O2S/c1-12-7-5-9-16(13(12)2)22-19(25)21-15-11-20(22,3)24-18-14(15)8-6-10-17(18)23-4/h5-10,15H,11H2,1-4H3,(H,21,25). The Morgan fingerprint density at radius 1 is 1.24 bits per heavy atom. The van der Waals surface area contributed by atoms with Crippen LogP contribution < -0.4 is 19.7 Å². The lowest BCUT2D eigenvalue weighted by atomic mass is 9.89. The second kappa shape index (κ2) is 5.63. The Morgan fingerprint density at radius 2 is 2.00 bits per heavy atom. The number of fused-ring (bicyclic) bond motifs is 4. The van der Waals surface area contributed by atoms with E-state index in [1.807, 2.05) is 12.1 Å². The van der Waals surface area contributed by atoms with Gasteiger partial charge in [-0.05, 0) is 56.2 Å². The highest BCUT2D eigenvalue weighted by molar-refractivity contribution is 7.80. The Kier molecular flexibility index (Phi) is 3.65. The van der Waals surface area contributed by atoms with E-state index in [-0.39, 0.29) is 6.04 Å². The molecular weight excluding hydrogens is 332 g/mol. The van der Waals surface area contributed by atoms with E-state index < -0.39 is 5.72 Å². The fraction of sp³-hybridized carbons (Fsp3) is 0.350. The first-order chi connectivity index (χ1) is 11.9. The number of rotatable bonds is 2. The van der Waals surface area contributed by atoms with Gasteiger partial charge in [-0.15, -0.1) is 0 Å². The Labute approximate surface area is 153 Å². The molecule has 0 saturated carbocycles. The third-order valence-electron chi connectivity index (χ3n) is 5.30. The first kappa shape index (κ1) is 16.2. The van der Waals surface area contributed by atoms with Crippen molar-refractivity contribution in [3.05, 3.63) is 53.1 Å². The van der Waals surface area contributed by atoms with Gasteiger partial charge in [-0.3, -0.25) is 4.90 Å². The number of nitrogens with one attached hydrogen (secondary N) is 1. The minimum absolute atomic E-state index is 0.123. The first-order valence-corrected chi connectivity index (χ1v) is 8.88. The molecule has 1 saturated heterocycles. The number of nitrogens with zero attached hydrogens (tertiary/aromatic N) is 1. The third-order valence-corrected chi connectivity index (χ3v) is 5.60. The van der Waals surface area contributed by atoms with E-state index in [9.17, 15) is 0 Å². The second-order valence-corrected chi connectivity index (χ2v) is 7.30. The van der Waals surface area contributed by atoms with Crippen molar-refractivity contribution >= 4 is 23.0 Å². The van der Waals surface area contributed by atoms with Crippen molar-refractivity contribution in [3.63, 3.8) is 0 Å². The lowest BCUT2D eigenvalue weighted by molar-refractivity contribution is 0.0463.